The molecule has 1 heterocycles. The van der Waals surface area contributed by atoms with Crippen LogP contribution in [0.3, 0.4) is 0 Å². The predicted octanol–water partition coefficient (Wildman–Crippen LogP) is 4.86. The topological polar surface area (TPSA) is 172 Å². The number of sulfonamides is 1. The van der Waals surface area contributed by atoms with Gasteiger partial charge in [0.1, 0.15) is 17.3 Å². The molecule has 0 aliphatic heterocycles. The van der Waals surface area contributed by atoms with Crippen molar-refractivity contribution in [2.45, 2.75) is 56.4 Å². The Morgan fingerprint density at radius 2 is 1.43 bits per heavy atom. The number of carbonyl (C=O) groups is 2. The number of aliphatic hydroxyl groups excluding tert-OH is 2. The number of nitrogens with one attached hydrogen (secondary N) is 1. The van der Waals surface area contributed by atoms with E-state index in [-0.39, 0.29) is 29.6 Å². The molecular weight excluding hydrogens is 632 g/mol. The maximum atomic E-state index is 14.1. The smallest absolute Gasteiger partial charge is 0.305 e. The molecule has 0 radical (unpaired) electrons. The number of halogens is 2. The largest absolute Gasteiger partial charge is 0.481 e. The van der Waals surface area contributed by atoms with Crippen molar-refractivity contribution in [1.82, 2.24) is 9.88 Å². The van der Waals surface area contributed by atoms with Gasteiger partial charge in [0.05, 0.1) is 23.5 Å². The highest BCUT2D eigenvalue weighted by Crippen LogP contribution is 2.42. The van der Waals surface area contributed by atoms with Crippen molar-refractivity contribution in [3.63, 3.8) is 0 Å². The number of carboxylic acid groups (broad SMARTS) is 1. The second kappa shape index (κ2) is 14.8. The summed E-state index contributed by atoms with van der Waals surface area (Å²) in [5, 5.41) is 37.8. The summed E-state index contributed by atoms with van der Waals surface area (Å²) in [6.45, 7) is 3.67. The normalized spacial score (nSPS) is 13.2. The average molecular weight is 668 g/mol. The molecule has 0 spiro atoms. The molecule has 0 fully saturated rings. The summed E-state index contributed by atoms with van der Waals surface area (Å²) < 4.78 is 53.2. The molecule has 0 aliphatic carbocycles. The number of carbonyl (C=O) groups excluding carboxylic acids is 1. The molecular formula is C34H35F2N3O7S. The number of aromatic nitrogens is 1. The molecule has 0 bridgehead atoms. The quantitative estimate of drug-likeness (QED) is 0.136. The fraction of sp³-hybridized carbons (Fsp3) is 0.235. The minimum absolute atomic E-state index is 0.00704. The third-order valence-corrected chi connectivity index (χ3v) is 8.27. The van der Waals surface area contributed by atoms with E-state index in [0.717, 1.165) is 0 Å². The molecule has 0 unspecified atom stereocenters. The number of hydrogen-bond acceptors (Lipinski definition) is 6. The molecule has 248 valence electrons. The number of nitrogens with two attached hydrogens (primary N) is 1. The van der Waals surface area contributed by atoms with E-state index < -0.39 is 52.2 Å². The summed E-state index contributed by atoms with van der Waals surface area (Å²) >= 11 is 0. The Balaban J connectivity index is 1.89. The summed E-state index contributed by atoms with van der Waals surface area (Å²) in [5.74, 6) is -2.75. The van der Waals surface area contributed by atoms with Crippen molar-refractivity contribution < 1.29 is 42.1 Å². The summed E-state index contributed by atoms with van der Waals surface area (Å²) in [6.07, 6.45) is -0.469. The maximum Gasteiger partial charge on any atom is 0.305 e. The van der Waals surface area contributed by atoms with Gasteiger partial charge < -0.3 is 25.2 Å². The minimum atomic E-state index is -3.91. The van der Waals surface area contributed by atoms with Gasteiger partial charge in [-0.3, -0.25) is 9.59 Å². The van der Waals surface area contributed by atoms with Gasteiger partial charge in [-0.2, -0.15) is 0 Å². The van der Waals surface area contributed by atoms with Gasteiger partial charge in [0.25, 0.3) is 5.91 Å². The van der Waals surface area contributed by atoms with Gasteiger partial charge in [0.15, 0.2) is 0 Å². The van der Waals surface area contributed by atoms with Gasteiger partial charge in [-0.05, 0) is 73.0 Å². The van der Waals surface area contributed by atoms with Crippen LogP contribution in [0.25, 0.3) is 28.3 Å². The fourth-order valence-electron chi connectivity index (χ4n) is 5.24. The number of hydrogen-bond donors (Lipinski definition) is 5. The van der Waals surface area contributed by atoms with Crippen LogP contribution in [0.1, 0.15) is 54.5 Å². The van der Waals surface area contributed by atoms with Crippen molar-refractivity contribution in [2.24, 2.45) is 5.14 Å². The Bertz CT molecular complexity index is 1870. The van der Waals surface area contributed by atoms with Crippen LogP contribution in [0, 0.1) is 11.6 Å². The standard InChI is InChI=1S/C34H35F2N3O7S/c1-20(2)39-29(16-13-26(40)17-27(41)18-30(42)43)31(22-5-9-24(35)10-6-22)32(23-7-11-25(36)12-8-23)33(39)34(44)38-19-21-3-14-28(15-4-21)47(37,45)46/h3-16,20,26-27,40-41H,17-19H2,1-2H3,(H,38,44)(H,42,43)(H2,37,45,46)/t26-,27-/m1/s1. The predicted molar refractivity (Wildman–Crippen MR) is 173 cm³/mol. The zero-order chi connectivity index (χ0) is 34.5. The number of carboxylic acids is 1. The Kier molecular flexibility index (Phi) is 11.1. The Labute approximate surface area is 270 Å². The van der Waals surface area contributed by atoms with E-state index in [0.29, 0.717) is 33.5 Å². The molecule has 13 heteroatoms. The Morgan fingerprint density at radius 3 is 1.91 bits per heavy atom. The Morgan fingerprint density at radius 1 is 0.894 bits per heavy atom. The molecule has 47 heavy (non-hydrogen) atoms. The minimum Gasteiger partial charge on any atom is -0.481 e. The van der Waals surface area contributed by atoms with Crippen LogP contribution in [0.2, 0.25) is 0 Å². The molecule has 0 saturated heterocycles. The lowest BCUT2D eigenvalue weighted by Gasteiger charge is -2.17. The highest BCUT2D eigenvalue weighted by atomic mass is 32.2. The van der Waals surface area contributed by atoms with Gasteiger partial charge in [-0.1, -0.05) is 42.5 Å². The van der Waals surface area contributed by atoms with Crippen LogP contribution in [-0.4, -0.2) is 52.4 Å². The highest BCUT2D eigenvalue weighted by Gasteiger charge is 2.29. The molecule has 1 amide bonds. The molecule has 10 nitrogen and oxygen atoms in total. The number of rotatable bonds is 13. The lowest BCUT2D eigenvalue weighted by atomic mass is 9.94. The van der Waals surface area contributed by atoms with E-state index in [1.165, 1.54) is 78.9 Å². The van der Waals surface area contributed by atoms with E-state index in [2.05, 4.69) is 5.32 Å². The zero-order valence-corrected chi connectivity index (χ0v) is 26.4. The van der Waals surface area contributed by atoms with E-state index >= 15 is 0 Å². The van der Waals surface area contributed by atoms with Crippen LogP contribution in [0.4, 0.5) is 8.78 Å². The zero-order valence-electron chi connectivity index (χ0n) is 25.6. The molecule has 4 rings (SSSR count). The molecule has 0 aliphatic rings. The van der Waals surface area contributed by atoms with Crippen LogP contribution >= 0.6 is 0 Å². The lowest BCUT2D eigenvalue weighted by Crippen LogP contribution is -2.27. The second-order valence-corrected chi connectivity index (χ2v) is 12.8. The third-order valence-electron chi connectivity index (χ3n) is 7.35. The monoisotopic (exact) mass is 667 g/mol. The van der Waals surface area contributed by atoms with Gasteiger partial charge >= 0.3 is 5.97 Å². The van der Waals surface area contributed by atoms with Crippen molar-refractivity contribution in [2.75, 3.05) is 0 Å². The molecule has 2 atom stereocenters. The van der Waals surface area contributed by atoms with Gasteiger partial charge in [-0.15, -0.1) is 0 Å². The first-order chi connectivity index (χ1) is 22.1. The Hall–Kier alpha value is -4.69. The molecule has 6 N–H and O–H groups in total. The van der Waals surface area contributed by atoms with Crippen LogP contribution in [0.5, 0.6) is 0 Å². The fourth-order valence-corrected chi connectivity index (χ4v) is 5.76. The average Bonchev–Trinajstić information content (AvgIpc) is 3.34. The SMILES string of the molecule is CC(C)n1c(C=C[C@@H](O)C[C@@H](O)CC(=O)O)c(-c2ccc(F)cc2)c(-c2ccc(F)cc2)c1C(=O)NCc1ccc(S(N)(=O)=O)cc1. The van der Waals surface area contributed by atoms with Gasteiger partial charge in [-0.25, -0.2) is 22.3 Å². The molecule has 4 aromatic rings. The maximum absolute atomic E-state index is 14.1. The summed E-state index contributed by atoms with van der Waals surface area (Å²) in [5.41, 5.74) is 3.04. The molecule has 1 aromatic heterocycles. The van der Waals surface area contributed by atoms with Crippen molar-refractivity contribution in [1.29, 1.82) is 0 Å². The van der Waals surface area contributed by atoms with Crippen LogP contribution in [-0.2, 0) is 21.4 Å². The van der Waals surface area contributed by atoms with Gasteiger partial charge in [0.2, 0.25) is 10.0 Å². The first-order valence-electron chi connectivity index (χ1n) is 14.6. The number of primary sulfonamides is 1. The van der Waals surface area contributed by atoms with Crippen molar-refractivity contribution >= 4 is 28.0 Å². The summed E-state index contributed by atoms with van der Waals surface area (Å²) in [6, 6.07) is 16.4. The van der Waals surface area contributed by atoms with E-state index in [1.807, 2.05) is 13.8 Å². The number of aliphatic carboxylic acids is 1. The number of nitrogens with zero attached hydrogens (tertiary/aromatic N) is 1. The van der Waals surface area contributed by atoms with Crippen LogP contribution in [0.15, 0.2) is 83.8 Å². The summed E-state index contributed by atoms with van der Waals surface area (Å²) in [4.78, 5) is 25.0. The second-order valence-electron chi connectivity index (χ2n) is 11.2. The van der Waals surface area contributed by atoms with Crippen molar-refractivity contribution in [3.8, 4) is 22.3 Å². The lowest BCUT2D eigenvalue weighted by molar-refractivity contribution is -0.139. The number of amides is 1. The number of aliphatic hydroxyl groups is 2. The molecule has 3 aromatic carbocycles. The number of benzene rings is 3. The van der Waals surface area contributed by atoms with Crippen molar-refractivity contribution in [3.05, 3.63) is 107 Å². The molecule has 0 saturated carbocycles. The first-order valence-corrected chi connectivity index (χ1v) is 16.2. The van der Waals surface area contributed by atoms with Gasteiger partial charge in [0, 0.05) is 35.8 Å². The third kappa shape index (κ3) is 8.77. The first kappa shape index (κ1) is 35.2. The highest BCUT2D eigenvalue weighted by molar-refractivity contribution is 7.89. The summed E-state index contributed by atoms with van der Waals surface area (Å²) in [7, 11) is -3.91. The van der Waals surface area contributed by atoms with E-state index in [1.54, 1.807) is 10.6 Å². The van der Waals surface area contributed by atoms with Crippen LogP contribution < -0.4 is 10.5 Å². The van der Waals surface area contributed by atoms with E-state index in [4.69, 9.17) is 10.2 Å². The van der Waals surface area contributed by atoms with E-state index in [9.17, 15) is 37.0 Å².